The van der Waals surface area contributed by atoms with E-state index in [2.05, 4.69) is 21.2 Å². The van der Waals surface area contributed by atoms with E-state index in [1.54, 1.807) is 49.4 Å². The molecular weight excluding hydrogens is 590 g/mol. The SMILES string of the molecule is CC(C)CNC(=O)[C@H](C)N(Cc1ccc(Br)cc1)C(=O)CN(c1ccc(Cl)cc1)S(=O)(=O)c1ccccc1. The van der Waals surface area contributed by atoms with Crippen molar-refractivity contribution < 1.29 is 18.0 Å². The number of nitrogens with one attached hydrogen (secondary N) is 1. The van der Waals surface area contributed by atoms with E-state index in [1.165, 1.54) is 17.0 Å². The Morgan fingerprint density at radius 1 is 0.921 bits per heavy atom. The number of carbonyl (C=O) groups is 2. The standard InChI is InChI=1S/C28H31BrClN3O4S/c1-20(2)17-31-28(35)21(3)32(18-22-9-11-23(29)12-10-22)27(34)19-33(25-15-13-24(30)14-16-25)38(36,37)26-7-5-4-6-8-26/h4-16,20-21H,17-19H2,1-3H3,(H,31,35)/t21-/m0/s1. The second kappa shape index (κ2) is 13.3. The third-order valence-electron chi connectivity index (χ3n) is 5.84. The predicted molar refractivity (Wildman–Crippen MR) is 154 cm³/mol. The number of hydrogen-bond acceptors (Lipinski definition) is 4. The zero-order valence-corrected chi connectivity index (χ0v) is 24.6. The van der Waals surface area contributed by atoms with E-state index in [4.69, 9.17) is 11.6 Å². The smallest absolute Gasteiger partial charge is 0.264 e. The minimum absolute atomic E-state index is 0.0462. The number of anilines is 1. The van der Waals surface area contributed by atoms with E-state index < -0.39 is 28.5 Å². The molecule has 1 N–H and O–H groups in total. The molecule has 1 atom stereocenters. The van der Waals surface area contributed by atoms with Gasteiger partial charge in [-0.05, 0) is 66.9 Å². The monoisotopic (exact) mass is 619 g/mol. The lowest BCUT2D eigenvalue weighted by atomic mass is 10.1. The average molecular weight is 621 g/mol. The summed E-state index contributed by atoms with van der Waals surface area (Å²) in [6, 6.07) is 20.7. The van der Waals surface area contributed by atoms with E-state index in [-0.39, 0.29) is 29.0 Å². The first-order chi connectivity index (χ1) is 18.0. The summed E-state index contributed by atoms with van der Waals surface area (Å²) in [5.74, 6) is -0.596. The fourth-order valence-corrected chi connectivity index (χ4v) is 5.50. The maximum absolute atomic E-state index is 13.8. The summed E-state index contributed by atoms with van der Waals surface area (Å²) < 4.78 is 29.3. The van der Waals surface area contributed by atoms with Crippen LogP contribution in [0.3, 0.4) is 0 Å². The predicted octanol–water partition coefficient (Wildman–Crippen LogP) is 5.49. The van der Waals surface area contributed by atoms with E-state index in [1.807, 2.05) is 38.1 Å². The van der Waals surface area contributed by atoms with E-state index >= 15 is 0 Å². The highest BCUT2D eigenvalue weighted by Crippen LogP contribution is 2.26. The summed E-state index contributed by atoms with van der Waals surface area (Å²) >= 11 is 9.45. The Labute approximate surface area is 238 Å². The Bertz CT molecular complexity index is 1330. The molecule has 3 aromatic rings. The van der Waals surface area contributed by atoms with Crippen LogP contribution in [0.5, 0.6) is 0 Å². The maximum Gasteiger partial charge on any atom is 0.264 e. The van der Waals surface area contributed by atoms with Gasteiger partial charge in [-0.1, -0.05) is 71.7 Å². The summed E-state index contributed by atoms with van der Waals surface area (Å²) in [5.41, 5.74) is 1.08. The Balaban J connectivity index is 1.98. The second-order valence-corrected chi connectivity index (χ2v) is 12.5. The van der Waals surface area contributed by atoms with Crippen molar-refractivity contribution in [3.05, 3.63) is 93.9 Å². The van der Waals surface area contributed by atoms with Crippen molar-refractivity contribution in [3.8, 4) is 0 Å². The van der Waals surface area contributed by atoms with Crippen molar-refractivity contribution >= 4 is 55.1 Å². The van der Waals surface area contributed by atoms with Crippen LogP contribution in [-0.4, -0.2) is 44.3 Å². The maximum atomic E-state index is 13.8. The minimum Gasteiger partial charge on any atom is -0.354 e. The van der Waals surface area contributed by atoms with Gasteiger partial charge in [0, 0.05) is 22.6 Å². The van der Waals surface area contributed by atoms with Gasteiger partial charge in [0.05, 0.1) is 10.6 Å². The fraction of sp³-hybridized carbons (Fsp3) is 0.286. The van der Waals surface area contributed by atoms with Crippen molar-refractivity contribution in [2.45, 2.75) is 38.3 Å². The van der Waals surface area contributed by atoms with Gasteiger partial charge < -0.3 is 10.2 Å². The molecule has 202 valence electrons. The molecule has 0 unspecified atom stereocenters. The Hall–Kier alpha value is -2.88. The number of hydrogen-bond donors (Lipinski definition) is 1. The molecule has 38 heavy (non-hydrogen) atoms. The molecule has 0 bridgehead atoms. The first-order valence-electron chi connectivity index (χ1n) is 12.1. The van der Waals surface area contributed by atoms with Crippen molar-refractivity contribution in [1.29, 1.82) is 0 Å². The molecule has 2 amide bonds. The summed E-state index contributed by atoms with van der Waals surface area (Å²) in [6.45, 7) is 5.69. The molecule has 3 aromatic carbocycles. The lowest BCUT2D eigenvalue weighted by molar-refractivity contribution is -0.139. The van der Waals surface area contributed by atoms with Gasteiger partial charge >= 0.3 is 0 Å². The molecule has 7 nitrogen and oxygen atoms in total. The van der Waals surface area contributed by atoms with Crippen LogP contribution in [-0.2, 0) is 26.2 Å². The van der Waals surface area contributed by atoms with Crippen LogP contribution in [0, 0.1) is 5.92 Å². The van der Waals surface area contributed by atoms with Crippen LogP contribution < -0.4 is 9.62 Å². The molecule has 0 radical (unpaired) electrons. The molecule has 0 spiro atoms. The minimum atomic E-state index is -4.11. The average Bonchev–Trinajstić information content (AvgIpc) is 2.90. The third-order valence-corrected chi connectivity index (χ3v) is 8.41. The summed E-state index contributed by atoms with van der Waals surface area (Å²) in [4.78, 5) is 28.3. The first kappa shape index (κ1) is 29.7. The van der Waals surface area contributed by atoms with E-state index in [0.29, 0.717) is 11.6 Å². The number of halogens is 2. The van der Waals surface area contributed by atoms with Crippen LogP contribution in [0.4, 0.5) is 5.69 Å². The third kappa shape index (κ3) is 7.82. The van der Waals surface area contributed by atoms with Crippen molar-refractivity contribution in [2.75, 3.05) is 17.4 Å². The second-order valence-electron chi connectivity index (χ2n) is 9.26. The number of rotatable bonds is 11. The topological polar surface area (TPSA) is 86.8 Å². The Morgan fingerprint density at radius 3 is 2.11 bits per heavy atom. The zero-order chi connectivity index (χ0) is 27.9. The molecule has 0 saturated heterocycles. The number of sulfonamides is 1. The molecule has 0 fully saturated rings. The van der Waals surface area contributed by atoms with Crippen molar-refractivity contribution in [1.82, 2.24) is 10.2 Å². The van der Waals surface area contributed by atoms with E-state index in [0.717, 1.165) is 14.3 Å². The summed E-state index contributed by atoms with van der Waals surface area (Å²) in [6.07, 6.45) is 0. The number of carbonyl (C=O) groups excluding carboxylic acids is 2. The molecule has 0 aliphatic rings. The van der Waals surface area contributed by atoms with Crippen LogP contribution in [0.1, 0.15) is 26.3 Å². The number of nitrogens with zero attached hydrogens (tertiary/aromatic N) is 2. The van der Waals surface area contributed by atoms with Gasteiger partial charge in [-0.15, -0.1) is 0 Å². The van der Waals surface area contributed by atoms with Gasteiger partial charge in [-0.3, -0.25) is 13.9 Å². The van der Waals surface area contributed by atoms with E-state index in [9.17, 15) is 18.0 Å². The molecule has 0 aromatic heterocycles. The molecular formula is C28H31BrClN3O4S. The van der Waals surface area contributed by atoms with Crippen LogP contribution in [0.15, 0.2) is 88.2 Å². The van der Waals surface area contributed by atoms with Gasteiger partial charge in [-0.2, -0.15) is 0 Å². The summed E-state index contributed by atoms with van der Waals surface area (Å²) in [5, 5.41) is 3.31. The lowest BCUT2D eigenvalue weighted by Gasteiger charge is -2.32. The highest BCUT2D eigenvalue weighted by molar-refractivity contribution is 9.10. The van der Waals surface area contributed by atoms with Gasteiger partial charge in [0.15, 0.2) is 0 Å². The van der Waals surface area contributed by atoms with Crippen LogP contribution in [0.25, 0.3) is 0 Å². The van der Waals surface area contributed by atoms with Crippen LogP contribution in [0.2, 0.25) is 5.02 Å². The molecule has 0 aliphatic carbocycles. The Morgan fingerprint density at radius 2 is 1.53 bits per heavy atom. The molecule has 0 saturated carbocycles. The number of benzene rings is 3. The highest BCUT2D eigenvalue weighted by atomic mass is 79.9. The lowest BCUT2D eigenvalue weighted by Crippen LogP contribution is -2.51. The van der Waals surface area contributed by atoms with Gasteiger partial charge in [0.1, 0.15) is 12.6 Å². The molecule has 3 rings (SSSR count). The van der Waals surface area contributed by atoms with Crippen molar-refractivity contribution in [2.24, 2.45) is 5.92 Å². The zero-order valence-electron chi connectivity index (χ0n) is 21.5. The first-order valence-corrected chi connectivity index (χ1v) is 14.7. The summed E-state index contributed by atoms with van der Waals surface area (Å²) in [7, 11) is -4.11. The largest absolute Gasteiger partial charge is 0.354 e. The fourth-order valence-electron chi connectivity index (χ4n) is 3.68. The molecule has 0 aliphatic heterocycles. The van der Waals surface area contributed by atoms with Gasteiger partial charge in [0.2, 0.25) is 11.8 Å². The number of amides is 2. The Kier molecular flexibility index (Phi) is 10.4. The van der Waals surface area contributed by atoms with Crippen molar-refractivity contribution in [3.63, 3.8) is 0 Å². The molecule has 0 heterocycles. The normalized spacial score (nSPS) is 12.2. The van der Waals surface area contributed by atoms with Gasteiger partial charge in [0.25, 0.3) is 10.0 Å². The molecule has 10 heteroatoms. The highest BCUT2D eigenvalue weighted by Gasteiger charge is 2.32. The quantitative estimate of drug-likeness (QED) is 0.307. The van der Waals surface area contributed by atoms with Gasteiger partial charge in [-0.25, -0.2) is 8.42 Å². The van der Waals surface area contributed by atoms with Crippen LogP contribution >= 0.6 is 27.5 Å².